The second-order valence-corrected chi connectivity index (χ2v) is 4.30. The summed E-state index contributed by atoms with van der Waals surface area (Å²) >= 11 is 2.94. The second kappa shape index (κ2) is 4.84. The van der Waals surface area contributed by atoms with Gasteiger partial charge in [0.1, 0.15) is 17.4 Å². The van der Waals surface area contributed by atoms with E-state index in [0.29, 0.717) is 11.3 Å². The lowest BCUT2D eigenvalue weighted by Crippen LogP contribution is -1.92. The zero-order valence-electron chi connectivity index (χ0n) is 9.01. The maximum Gasteiger partial charge on any atom is 0.138 e. The summed E-state index contributed by atoms with van der Waals surface area (Å²) in [5, 5.41) is 0. The van der Waals surface area contributed by atoms with Gasteiger partial charge in [0.25, 0.3) is 0 Å². The van der Waals surface area contributed by atoms with Gasteiger partial charge in [0.05, 0.1) is 11.6 Å². The number of hydrogen-bond donors (Lipinski definition) is 0. The Balaban J connectivity index is 2.64. The number of rotatable bonds is 2. The van der Waals surface area contributed by atoms with Crippen LogP contribution in [-0.2, 0) is 0 Å². The van der Waals surface area contributed by atoms with Crippen LogP contribution in [0.2, 0.25) is 0 Å². The number of para-hydroxylation sites is 1. The highest BCUT2D eigenvalue weighted by molar-refractivity contribution is 9.10. The second-order valence-electron chi connectivity index (χ2n) is 3.45. The summed E-state index contributed by atoms with van der Waals surface area (Å²) in [6.07, 6.45) is 0. The average molecular weight is 299 g/mol. The van der Waals surface area contributed by atoms with E-state index in [2.05, 4.69) is 15.9 Å². The van der Waals surface area contributed by atoms with Crippen molar-refractivity contribution in [3.63, 3.8) is 0 Å². The van der Waals surface area contributed by atoms with Crippen LogP contribution >= 0.6 is 15.9 Å². The number of methoxy groups -OCH3 is 1. The van der Waals surface area contributed by atoms with Gasteiger partial charge in [-0.05, 0) is 34.1 Å². The zero-order chi connectivity index (χ0) is 12.4. The third-order valence-corrected chi connectivity index (χ3v) is 3.01. The number of halogens is 3. The van der Waals surface area contributed by atoms with Crippen molar-refractivity contribution in [2.24, 2.45) is 0 Å². The maximum absolute atomic E-state index is 13.8. The third kappa shape index (κ3) is 2.31. The molecule has 0 spiro atoms. The Morgan fingerprint density at radius 2 is 1.71 bits per heavy atom. The minimum Gasteiger partial charge on any atom is -0.496 e. The molecular weight excluding hydrogens is 290 g/mol. The molecule has 0 fully saturated rings. The molecule has 4 heteroatoms. The third-order valence-electron chi connectivity index (χ3n) is 2.41. The first-order chi connectivity index (χ1) is 8.13. The van der Waals surface area contributed by atoms with Crippen LogP contribution < -0.4 is 4.74 Å². The van der Waals surface area contributed by atoms with Crippen LogP contribution in [0, 0.1) is 11.6 Å². The van der Waals surface area contributed by atoms with Crippen molar-refractivity contribution in [2.75, 3.05) is 7.11 Å². The van der Waals surface area contributed by atoms with Crippen molar-refractivity contribution in [3.05, 3.63) is 52.5 Å². The van der Waals surface area contributed by atoms with Crippen molar-refractivity contribution in [2.45, 2.75) is 0 Å². The number of ether oxygens (including phenoxy) is 1. The fourth-order valence-corrected chi connectivity index (χ4v) is 1.91. The maximum atomic E-state index is 13.8. The zero-order valence-corrected chi connectivity index (χ0v) is 10.6. The average Bonchev–Trinajstić information content (AvgIpc) is 2.34. The first-order valence-electron chi connectivity index (χ1n) is 4.91. The lowest BCUT2D eigenvalue weighted by atomic mass is 10.0. The van der Waals surface area contributed by atoms with E-state index >= 15 is 0 Å². The minimum absolute atomic E-state index is 0.105. The monoisotopic (exact) mass is 298 g/mol. The van der Waals surface area contributed by atoms with Gasteiger partial charge in [0.2, 0.25) is 0 Å². The molecule has 0 aromatic heterocycles. The molecule has 0 saturated carbocycles. The molecule has 0 amide bonds. The van der Waals surface area contributed by atoms with Crippen LogP contribution in [0.1, 0.15) is 0 Å². The smallest absolute Gasteiger partial charge is 0.138 e. The summed E-state index contributed by atoms with van der Waals surface area (Å²) in [5.74, 6) is -0.497. The summed E-state index contributed by atoms with van der Waals surface area (Å²) in [6.45, 7) is 0. The van der Waals surface area contributed by atoms with E-state index in [9.17, 15) is 8.78 Å². The van der Waals surface area contributed by atoms with Crippen molar-refractivity contribution in [1.29, 1.82) is 0 Å². The first-order valence-corrected chi connectivity index (χ1v) is 5.70. The summed E-state index contributed by atoms with van der Waals surface area (Å²) < 4.78 is 32.4. The van der Waals surface area contributed by atoms with Gasteiger partial charge in [-0.25, -0.2) is 8.78 Å². The molecule has 2 rings (SSSR count). The highest BCUT2D eigenvalue weighted by Gasteiger charge is 2.13. The van der Waals surface area contributed by atoms with E-state index in [-0.39, 0.29) is 10.0 Å². The largest absolute Gasteiger partial charge is 0.496 e. The van der Waals surface area contributed by atoms with Crippen molar-refractivity contribution in [1.82, 2.24) is 0 Å². The van der Waals surface area contributed by atoms with Crippen molar-refractivity contribution in [3.8, 4) is 16.9 Å². The molecule has 88 valence electrons. The SMILES string of the molecule is COc1ccccc1-c1cc(F)c(Br)cc1F. The Labute approximate surface area is 106 Å². The molecule has 2 aromatic rings. The van der Waals surface area contributed by atoms with Gasteiger partial charge in [-0.1, -0.05) is 18.2 Å². The van der Waals surface area contributed by atoms with E-state index in [4.69, 9.17) is 4.74 Å². The molecule has 1 nitrogen and oxygen atoms in total. The van der Waals surface area contributed by atoms with Crippen LogP contribution in [0.3, 0.4) is 0 Å². The van der Waals surface area contributed by atoms with Crippen LogP contribution in [0.25, 0.3) is 11.1 Å². The summed E-state index contributed by atoms with van der Waals surface area (Å²) in [5.41, 5.74) is 0.710. The normalized spacial score (nSPS) is 10.4. The van der Waals surface area contributed by atoms with E-state index in [1.165, 1.54) is 7.11 Å². The molecule has 0 saturated heterocycles. The predicted molar refractivity (Wildman–Crippen MR) is 66.0 cm³/mol. The molecular formula is C13H9BrF2O. The number of benzene rings is 2. The van der Waals surface area contributed by atoms with E-state index in [1.54, 1.807) is 24.3 Å². The summed E-state index contributed by atoms with van der Waals surface area (Å²) in [7, 11) is 1.49. The van der Waals surface area contributed by atoms with Gasteiger partial charge >= 0.3 is 0 Å². The molecule has 0 radical (unpaired) electrons. The molecule has 0 aliphatic rings. The Bertz CT molecular complexity index is 555. The van der Waals surface area contributed by atoms with E-state index in [1.807, 2.05) is 0 Å². The Hall–Kier alpha value is -1.42. The molecule has 0 aliphatic carbocycles. The van der Waals surface area contributed by atoms with Gasteiger partial charge in [-0.3, -0.25) is 0 Å². The van der Waals surface area contributed by atoms with E-state index < -0.39 is 11.6 Å². The lowest BCUT2D eigenvalue weighted by Gasteiger charge is -2.09. The fraction of sp³-hybridized carbons (Fsp3) is 0.0769. The van der Waals surface area contributed by atoms with Gasteiger partial charge in [0, 0.05) is 11.1 Å². The van der Waals surface area contributed by atoms with Crippen LogP contribution in [0.5, 0.6) is 5.75 Å². The quantitative estimate of drug-likeness (QED) is 0.747. The summed E-state index contributed by atoms with van der Waals surface area (Å²) in [4.78, 5) is 0. The van der Waals surface area contributed by atoms with Gasteiger partial charge in [0.15, 0.2) is 0 Å². The first kappa shape index (κ1) is 12.0. The molecule has 0 heterocycles. The molecule has 0 aliphatic heterocycles. The van der Waals surface area contributed by atoms with E-state index in [0.717, 1.165) is 12.1 Å². The lowest BCUT2D eigenvalue weighted by molar-refractivity contribution is 0.416. The topological polar surface area (TPSA) is 9.23 Å². The minimum atomic E-state index is -0.507. The molecule has 0 bridgehead atoms. The molecule has 0 unspecified atom stereocenters. The van der Waals surface area contributed by atoms with Crippen molar-refractivity contribution >= 4 is 15.9 Å². The fourth-order valence-electron chi connectivity index (χ4n) is 1.60. The van der Waals surface area contributed by atoms with Crippen molar-refractivity contribution < 1.29 is 13.5 Å². The van der Waals surface area contributed by atoms with Gasteiger partial charge < -0.3 is 4.74 Å². The standard InChI is InChI=1S/C13H9BrF2O/c1-17-13-5-3-2-4-8(13)9-6-12(16)10(14)7-11(9)15/h2-7H,1H3. The Kier molecular flexibility index (Phi) is 3.43. The Morgan fingerprint density at radius 1 is 1.00 bits per heavy atom. The molecule has 0 N–H and O–H groups in total. The Morgan fingerprint density at radius 3 is 2.41 bits per heavy atom. The highest BCUT2D eigenvalue weighted by atomic mass is 79.9. The molecule has 2 aromatic carbocycles. The molecule has 17 heavy (non-hydrogen) atoms. The van der Waals surface area contributed by atoms with Gasteiger partial charge in [-0.2, -0.15) is 0 Å². The molecule has 0 atom stereocenters. The number of hydrogen-bond acceptors (Lipinski definition) is 1. The van der Waals surface area contributed by atoms with Crippen LogP contribution in [0.15, 0.2) is 40.9 Å². The van der Waals surface area contributed by atoms with Crippen LogP contribution in [-0.4, -0.2) is 7.11 Å². The van der Waals surface area contributed by atoms with Crippen LogP contribution in [0.4, 0.5) is 8.78 Å². The van der Waals surface area contributed by atoms with Gasteiger partial charge in [-0.15, -0.1) is 0 Å². The summed E-state index contributed by atoms with van der Waals surface area (Å²) in [6, 6.07) is 9.17. The highest BCUT2D eigenvalue weighted by Crippen LogP contribution is 2.33. The predicted octanol–water partition coefficient (Wildman–Crippen LogP) is 4.40.